The summed E-state index contributed by atoms with van der Waals surface area (Å²) < 4.78 is 35.0. The summed E-state index contributed by atoms with van der Waals surface area (Å²) in [6, 6.07) is 14.4. The Balaban J connectivity index is 0.00000512. The van der Waals surface area contributed by atoms with Crippen molar-refractivity contribution in [1.82, 2.24) is 16.0 Å². The predicted molar refractivity (Wildman–Crippen MR) is 131 cm³/mol. The molecule has 0 bridgehead atoms. The van der Waals surface area contributed by atoms with Crippen LogP contribution in [0.2, 0.25) is 0 Å². The van der Waals surface area contributed by atoms with Crippen molar-refractivity contribution in [3.63, 3.8) is 0 Å². The highest BCUT2D eigenvalue weighted by atomic mass is 127. The minimum Gasteiger partial charge on any atom is -0.497 e. The van der Waals surface area contributed by atoms with Crippen molar-refractivity contribution in [2.75, 3.05) is 26.7 Å². The Hall–Kier alpha value is -2.63. The summed E-state index contributed by atoms with van der Waals surface area (Å²) in [5, 5.41) is 8.80. The first-order valence-electron chi connectivity index (χ1n) is 9.96. The number of ether oxygens (including phenoxy) is 2. The highest BCUT2D eigenvalue weighted by Crippen LogP contribution is 2.26. The van der Waals surface area contributed by atoms with Crippen LogP contribution in [0.25, 0.3) is 0 Å². The second-order valence-electron chi connectivity index (χ2n) is 6.49. The van der Waals surface area contributed by atoms with Gasteiger partial charge in [0, 0.05) is 18.7 Å². The van der Waals surface area contributed by atoms with Crippen molar-refractivity contribution < 1.29 is 23.0 Å². The lowest BCUT2D eigenvalue weighted by atomic mass is 10.1. The molecule has 0 saturated heterocycles. The lowest BCUT2D eigenvalue weighted by Crippen LogP contribution is -2.43. The predicted octanol–water partition coefficient (Wildman–Crippen LogP) is 3.33. The van der Waals surface area contributed by atoms with Gasteiger partial charge >= 0.3 is 6.61 Å². The van der Waals surface area contributed by atoms with E-state index in [1.807, 2.05) is 37.3 Å². The van der Waals surface area contributed by atoms with E-state index < -0.39 is 6.61 Å². The number of hydrogen-bond acceptors (Lipinski definition) is 4. The smallest absolute Gasteiger partial charge is 0.387 e. The molecule has 0 aromatic heterocycles. The normalized spacial score (nSPS) is 10.8. The van der Waals surface area contributed by atoms with Crippen molar-refractivity contribution in [3.05, 3.63) is 59.7 Å². The summed E-state index contributed by atoms with van der Waals surface area (Å²) in [4.78, 5) is 16.5. The Bertz CT molecular complexity index is 854. The van der Waals surface area contributed by atoms with Gasteiger partial charge in [-0.2, -0.15) is 8.78 Å². The van der Waals surface area contributed by atoms with E-state index >= 15 is 0 Å². The number of carbonyl (C=O) groups is 1. The summed E-state index contributed by atoms with van der Waals surface area (Å²) in [7, 11) is 1.48. The summed E-state index contributed by atoms with van der Waals surface area (Å²) in [6.07, 6.45) is 0.740. The van der Waals surface area contributed by atoms with E-state index in [9.17, 15) is 13.6 Å². The maximum absolute atomic E-state index is 12.7. The van der Waals surface area contributed by atoms with Crippen LogP contribution in [0.1, 0.15) is 18.1 Å². The number of halogens is 3. The molecular formula is C22H29F2IN4O3. The number of alkyl halides is 2. The number of carbonyl (C=O) groups excluding carboxylic acids is 1. The van der Waals surface area contributed by atoms with Crippen LogP contribution in [0.15, 0.2) is 53.5 Å². The average molecular weight is 562 g/mol. The SMILES string of the molecule is CCNC(=NCc1cc(OC)ccc1OC(F)F)NCC(=O)NCCc1ccccc1.I. The van der Waals surface area contributed by atoms with E-state index in [0.717, 1.165) is 12.0 Å². The van der Waals surface area contributed by atoms with Crippen LogP contribution in [0.5, 0.6) is 11.5 Å². The molecule has 2 rings (SSSR count). The molecular weight excluding hydrogens is 533 g/mol. The molecule has 2 aromatic carbocycles. The molecule has 32 heavy (non-hydrogen) atoms. The first-order valence-corrected chi connectivity index (χ1v) is 9.96. The fraction of sp³-hybridized carbons (Fsp3) is 0.364. The van der Waals surface area contributed by atoms with Crippen LogP contribution >= 0.6 is 24.0 Å². The standard InChI is InChI=1S/C22H28F2N4O3.HI/c1-3-25-22(28-15-20(29)26-12-11-16-7-5-4-6-8-16)27-14-17-13-18(30-2)9-10-19(17)31-21(23)24;/h4-10,13,21H,3,11-12,14-15H2,1-2H3,(H,26,29)(H2,25,27,28);1H. The van der Waals surface area contributed by atoms with E-state index in [1.54, 1.807) is 6.07 Å². The van der Waals surface area contributed by atoms with Crippen molar-refractivity contribution in [3.8, 4) is 11.5 Å². The highest BCUT2D eigenvalue weighted by molar-refractivity contribution is 14.0. The molecule has 0 radical (unpaired) electrons. The molecule has 10 heteroatoms. The fourth-order valence-electron chi connectivity index (χ4n) is 2.74. The van der Waals surface area contributed by atoms with Crippen LogP contribution < -0.4 is 25.4 Å². The summed E-state index contributed by atoms with van der Waals surface area (Å²) >= 11 is 0. The van der Waals surface area contributed by atoms with Crippen LogP contribution in [0.4, 0.5) is 8.78 Å². The van der Waals surface area contributed by atoms with E-state index in [-0.39, 0.29) is 48.7 Å². The molecule has 0 atom stereocenters. The number of nitrogens with zero attached hydrogens (tertiary/aromatic N) is 1. The minimum absolute atomic E-state index is 0. The van der Waals surface area contributed by atoms with Crippen molar-refractivity contribution in [2.24, 2.45) is 4.99 Å². The zero-order chi connectivity index (χ0) is 22.5. The third-order valence-corrected chi connectivity index (χ3v) is 4.23. The quantitative estimate of drug-likeness (QED) is 0.223. The van der Waals surface area contributed by atoms with Crippen molar-refractivity contribution >= 4 is 35.8 Å². The van der Waals surface area contributed by atoms with E-state index in [1.165, 1.54) is 19.2 Å². The van der Waals surface area contributed by atoms with Crippen molar-refractivity contribution in [1.29, 1.82) is 0 Å². The molecule has 3 N–H and O–H groups in total. The number of guanidine groups is 1. The molecule has 0 aliphatic carbocycles. The largest absolute Gasteiger partial charge is 0.497 e. The van der Waals surface area contributed by atoms with E-state index in [0.29, 0.717) is 30.4 Å². The topological polar surface area (TPSA) is 84.0 Å². The molecule has 0 aliphatic rings. The summed E-state index contributed by atoms with van der Waals surface area (Å²) in [5.41, 5.74) is 1.58. The number of amides is 1. The molecule has 7 nitrogen and oxygen atoms in total. The zero-order valence-corrected chi connectivity index (χ0v) is 20.4. The first kappa shape index (κ1) is 27.4. The van der Waals surface area contributed by atoms with E-state index in [2.05, 4.69) is 25.7 Å². The number of nitrogens with one attached hydrogen (secondary N) is 3. The molecule has 0 unspecified atom stereocenters. The Morgan fingerprint density at radius 1 is 1.09 bits per heavy atom. The fourth-order valence-corrected chi connectivity index (χ4v) is 2.74. The monoisotopic (exact) mass is 562 g/mol. The third kappa shape index (κ3) is 10.1. The summed E-state index contributed by atoms with van der Waals surface area (Å²) in [6.45, 7) is 0.121. The van der Waals surface area contributed by atoms with Crippen LogP contribution in [-0.2, 0) is 17.8 Å². The van der Waals surface area contributed by atoms with E-state index in [4.69, 9.17) is 4.74 Å². The van der Waals surface area contributed by atoms with Gasteiger partial charge in [-0.1, -0.05) is 30.3 Å². The number of hydrogen-bond donors (Lipinski definition) is 3. The lowest BCUT2D eigenvalue weighted by Gasteiger charge is -2.13. The molecule has 0 saturated carbocycles. The second-order valence-corrected chi connectivity index (χ2v) is 6.49. The van der Waals surface area contributed by atoms with Gasteiger partial charge in [0.05, 0.1) is 20.2 Å². The Labute approximate surface area is 204 Å². The first-order chi connectivity index (χ1) is 15.0. The molecule has 0 spiro atoms. The number of aliphatic imine (C=N–C) groups is 1. The van der Waals surface area contributed by atoms with Crippen LogP contribution in [0, 0.1) is 0 Å². The Morgan fingerprint density at radius 2 is 1.84 bits per heavy atom. The van der Waals surface area contributed by atoms with Crippen LogP contribution in [-0.4, -0.2) is 45.2 Å². The van der Waals surface area contributed by atoms with Gasteiger partial charge in [0.1, 0.15) is 11.5 Å². The van der Waals surface area contributed by atoms with Gasteiger partial charge in [0.15, 0.2) is 5.96 Å². The highest BCUT2D eigenvalue weighted by Gasteiger charge is 2.11. The maximum atomic E-state index is 12.7. The summed E-state index contributed by atoms with van der Waals surface area (Å²) in [5.74, 6) is 0.729. The van der Waals surface area contributed by atoms with Gasteiger partial charge in [-0.3, -0.25) is 4.79 Å². The van der Waals surface area contributed by atoms with Gasteiger partial charge in [-0.25, -0.2) is 4.99 Å². The molecule has 0 fully saturated rings. The van der Waals surface area contributed by atoms with Gasteiger partial charge in [0.2, 0.25) is 5.91 Å². The van der Waals surface area contributed by atoms with Gasteiger partial charge in [-0.15, -0.1) is 24.0 Å². The lowest BCUT2D eigenvalue weighted by molar-refractivity contribution is -0.119. The molecule has 2 aromatic rings. The Morgan fingerprint density at radius 3 is 2.50 bits per heavy atom. The molecule has 1 amide bonds. The Kier molecular flexibility index (Phi) is 13.0. The third-order valence-electron chi connectivity index (χ3n) is 4.23. The number of benzene rings is 2. The number of methoxy groups -OCH3 is 1. The van der Waals surface area contributed by atoms with Crippen molar-refractivity contribution in [2.45, 2.75) is 26.5 Å². The number of rotatable bonds is 11. The average Bonchev–Trinajstić information content (AvgIpc) is 2.77. The zero-order valence-electron chi connectivity index (χ0n) is 18.1. The van der Waals surface area contributed by atoms with Gasteiger partial charge in [-0.05, 0) is 37.1 Å². The van der Waals surface area contributed by atoms with Crippen LogP contribution in [0.3, 0.4) is 0 Å². The molecule has 0 aliphatic heterocycles. The van der Waals surface area contributed by atoms with Gasteiger partial charge < -0.3 is 25.4 Å². The molecule has 176 valence electrons. The second kappa shape index (κ2) is 15.2. The minimum atomic E-state index is -2.94. The maximum Gasteiger partial charge on any atom is 0.387 e. The van der Waals surface area contributed by atoms with Gasteiger partial charge in [0.25, 0.3) is 0 Å². The molecule has 0 heterocycles.